The van der Waals surface area contributed by atoms with E-state index in [-0.39, 0.29) is 0 Å². The fourth-order valence-electron chi connectivity index (χ4n) is 2.95. The molecule has 19 heavy (non-hydrogen) atoms. The number of hydrogen-bond acceptors (Lipinski definition) is 2. The van der Waals surface area contributed by atoms with Gasteiger partial charge in [-0.3, -0.25) is 0 Å². The molecule has 1 heterocycles. The number of quaternary nitrogens is 1. The Hall–Kier alpha value is -1.32. The third-order valence-electron chi connectivity index (χ3n) is 4.11. The van der Waals surface area contributed by atoms with Crippen LogP contribution in [0.25, 0.3) is 0 Å². The van der Waals surface area contributed by atoms with Crippen LogP contribution in [0.15, 0.2) is 24.8 Å². The molecule has 3 nitrogen and oxygen atoms in total. The zero-order chi connectivity index (χ0) is 13.9. The van der Waals surface area contributed by atoms with Crippen LogP contribution >= 0.6 is 0 Å². The number of aryl methyl sites for hydroxylation is 2. The number of anilines is 1. The molecule has 104 valence electrons. The minimum absolute atomic E-state index is 0.848. The zero-order valence-corrected chi connectivity index (χ0v) is 12.1. The maximum atomic E-state index is 6.03. The standard InChI is InChI=1S/C16H25N2O/c1-4-5-18(6-8-19-9-7-18)12-15-10-13(2)16(17)14(3)11-15/h4,10-11H,1,5-9,12,17H2,2-3H3/q+1. The monoisotopic (exact) mass is 261 g/mol. The summed E-state index contributed by atoms with van der Waals surface area (Å²) >= 11 is 0. The first-order valence-corrected chi connectivity index (χ1v) is 6.96. The van der Waals surface area contributed by atoms with Crippen LogP contribution in [0.3, 0.4) is 0 Å². The van der Waals surface area contributed by atoms with E-state index in [1.54, 1.807) is 0 Å². The predicted molar refractivity (Wildman–Crippen MR) is 79.9 cm³/mol. The van der Waals surface area contributed by atoms with Crippen LogP contribution in [-0.4, -0.2) is 37.3 Å². The van der Waals surface area contributed by atoms with E-state index in [0.717, 1.165) is 49.6 Å². The van der Waals surface area contributed by atoms with Gasteiger partial charge < -0.3 is 15.0 Å². The maximum absolute atomic E-state index is 6.03. The topological polar surface area (TPSA) is 35.2 Å². The molecule has 0 aliphatic carbocycles. The Bertz CT molecular complexity index is 439. The van der Waals surface area contributed by atoms with Gasteiger partial charge in [0, 0.05) is 11.3 Å². The molecule has 0 bridgehead atoms. The molecule has 0 radical (unpaired) electrons. The minimum Gasteiger partial charge on any atom is -0.398 e. The Balaban J connectivity index is 2.23. The molecule has 2 rings (SSSR count). The first-order valence-electron chi connectivity index (χ1n) is 6.96. The van der Waals surface area contributed by atoms with Crippen LogP contribution in [0.5, 0.6) is 0 Å². The van der Waals surface area contributed by atoms with Gasteiger partial charge in [0.15, 0.2) is 0 Å². The number of morpholine rings is 1. The number of rotatable bonds is 4. The van der Waals surface area contributed by atoms with Gasteiger partial charge in [-0.25, -0.2) is 0 Å². The zero-order valence-electron chi connectivity index (χ0n) is 12.1. The average molecular weight is 261 g/mol. The second-order valence-corrected chi connectivity index (χ2v) is 5.67. The van der Waals surface area contributed by atoms with Crippen molar-refractivity contribution < 1.29 is 9.22 Å². The molecular weight excluding hydrogens is 236 g/mol. The van der Waals surface area contributed by atoms with E-state index in [0.29, 0.717) is 0 Å². The van der Waals surface area contributed by atoms with E-state index in [1.165, 1.54) is 16.7 Å². The highest BCUT2D eigenvalue weighted by Crippen LogP contribution is 2.23. The Kier molecular flexibility index (Phi) is 4.27. The number of nitrogens with zero attached hydrogens (tertiary/aromatic N) is 1. The van der Waals surface area contributed by atoms with Crippen molar-refractivity contribution in [2.45, 2.75) is 20.4 Å². The average Bonchev–Trinajstić information content (AvgIpc) is 2.37. The number of benzene rings is 1. The summed E-state index contributed by atoms with van der Waals surface area (Å²) in [5, 5.41) is 0. The molecule has 0 spiro atoms. The van der Waals surface area contributed by atoms with E-state index in [1.807, 2.05) is 6.08 Å². The molecule has 1 fully saturated rings. The number of ether oxygens (including phenoxy) is 1. The second-order valence-electron chi connectivity index (χ2n) is 5.67. The van der Waals surface area contributed by atoms with Gasteiger partial charge in [0.25, 0.3) is 0 Å². The highest BCUT2D eigenvalue weighted by atomic mass is 16.5. The molecule has 3 heteroatoms. The molecule has 0 aromatic heterocycles. The van der Waals surface area contributed by atoms with E-state index < -0.39 is 0 Å². The third kappa shape index (κ3) is 3.17. The summed E-state index contributed by atoms with van der Waals surface area (Å²) in [5.41, 5.74) is 10.7. The van der Waals surface area contributed by atoms with Crippen LogP contribution in [0.4, 0.5) is 5.69 Å². The Morgan fingerprint density at radius 2 is 1.84 bits per heavy atom. The first-order chi connectivity index (χ1) is 9.06. The quantitative estimate of drug-likeness (QED) is 0.513. The summed E-state index contributed by atoms with van der Waals surface area (Å²) in [7, 11) is 0. The van der Waals surface area contributed by atoms with Crippen LogP contribution in [-0.2, 0) is 11.3 Å². The summed E-state index contributed by atoms with van der Waals surface area (Å²) in [4.78, 5) is 0. The van der Waals surface area contributed by atoms with Gasteiger partial charge in [0.05, 0.1) is 19.8 Å². The summed E-state index contributed by atoms with van der Waals surface area (Å²) in [6.07, 6.45) is 2.03. The minimum atomic E-state index is 0.848. The molecule has 0 saturated carbocycles. The van der Waals surface area contributed by atoms with Gasteiger partial charge in [0.1, 0.15) is 19.6 Å². The summed E-state index contributed by atoms with van der Waals surface area (Å²) in [6, 6.07) is 4.45. The summed E-state index contributed by atoms with van der Waals surface area (Å²) in [5.74, 6) is 0. The second kappa shape index (κ2) is 5.76. The van der Waals surface area contributed by atoms with Crippen molar-refractivity contribution in [3.8, 4) is 0 Å². The van der Waals surface area contributed by atoms with Crippen molar-refractivity contribution in [2.24, 2.45) is 0 Å². The van der Waals surface area contributed by atoms with Crippen molar-refractivity contribution in [3.05, 3.63) is 41.5 Å². The molecule has 0 unspecified atom stereocenters. The Morgan fingerprint density at radius 3 is 2.37 bits per heavy atom. The lowest BCUT2D eigenvalue weighted by Gasteiger charge is -2.40. The number of nitrogen functional groups attached to an aromatic ring is 1. The lowest BCUT2D eigenvalue weighted by atomic mass is 10.0. The highest BCUT2D eigenvalue weighted by Gasteiger charge is 2.29. The fraction of sp³-hybridized carbons (Fsp3) is 0.500. The molecule has 1 saturated heterocycles. The van der Waals surface area contributed by atoms with E-state index in [2.05, 4.69) is 32.6 Å². The molecule has 0 atom stereocenters. The van der Waals surface area contributed by atoms with Crippen LogP contribution in [0.2, 0.25) is 0 Å². The maximum Gasteiger partial charge on any atom is 0.105 e. The van der Waals surface area contributed by atoms with Crippen LogP contribution in [0.1, 0.15) is 16.7 Å². The molecule has 2 N–H and O–H groups in total. The van der Waals surface area contributed by atoms with Crippen molar-refractivity contribution in [3.63, 3.8) is 0 Å². The van der Waals surface area contributed by atoms with E-state index >= 15 is 0 Å². The largest absolute Gasteiger partial charge is 0.398 e. The summed E-state index contributed by atoms with van der Waals surface area (Å²) < 4.78 is 6.55. The molecule has 1 aliphatic rings. The van der Waals surface area contributed by atoms with Gasteiger partial charge in [-0.05, 0) is 43.2 Å². The van der Waals surface area contributed by atoms with E-state index in [9.17, 15) is 0 Å². The van der Waals surface area contributed by atoms with Crippen molar-refractivity contribution in [1.29, 1.82) is 0 Å². The van der Waals surface area contributed by atoms with Gasteiger partial charge >= 0.3 is 0 Å². The molecule has 1 aromatic rings. The highest BCUT2D eigenvalue weighted by molar-refractivity contribution is 5.54. The van der Waals surface area contributed by atoms with Gasteiger partial charge in [-0.2, -0.15) is 0 Å². The van der Waals surface area contributed by atoms with Crippen LogP contribution < -0.4 is 5.73 Å². The van der Waals surface area contributed by atoms with E-state index in [4.69, 9.17) is 10.5 Å². The SMILES string of the molecule is C=CC[N+]1(Cc2cc(C)c(N)c(C)c2)CCOCC1. The van der Waals surface area contributed by atoms with Gasteiger partial charge in [0.2, 0.25) is 0 Å². The Labute approximate surface area is 116 Å². The van der Waals surface area contributed by atoms with Crippen molar-refractivity contribution >= 4 is 5.69 Å². The van der Waals surface area contributed by atoms with Gasteiger partial charge in [-0.15, -0.1) is 0 Å². The van der Waals surface area contributed by atoms with Crippen molar-refractivity contribution in [2.75, 3.05) is 38.6 Å². The smallest absolute Gasteiger partial charge is 0.105 e. The molecule has 1 aromatic carbocycles. The first kappa shape index (κ1) is 14.1. The van der Waals surface area contributed by atoms with Crippen molar-refractivity contribution in [1.82, 2.24) is 0 Å². The number of nitrogens with two attached hydrogens (primary N) is 1. The Morgan fingerprint density at radius 1 is 1.26 bits per heavy atom. The predicted octanol–water partition coefficient (Wildman–Crippen LogP) is 2.42. The van der Waals surface area contributed by atoms with Crippen LogP contribution in [0, 0.1) is 13.8 Å². The summed E-state index contributed by atoms with van der Waals surface area (Å²) in [6.45, 7) is 14.0. The third-order valence-corrected chi connectivity index (χ3v) is 4.11. The lowest BCUT2D eigenvalue weighted by Crippen LogP contribution is -2.54. The molecular formula is C16H25N2O+. The normalized spacial score (nSPS) is 18.2. The fourth-order valence-corrected chi connectivity index (χ4v) is 2.95. The lowest BCUT2D eigenvalue weighted by molar-refractivity contribution is -0.942. The number of hydrogen-bond donors (Lipinski definition) is 1. The molecule has 1 aliphatic heterocycles. The molecule has 0 amide bonds. The van der Waals surface area contributed by atoms with Gasteiger partial charge in [-0.1, -0.05) is 6.58 Å².